The molecular formula is C14H26N4. The molecule has 0 radical (unpaired) electrons. The van der Waals surface area contributed by atoms with Crippen LogP contribution in [0.1, 0.15) is 46.1 Å². The van der Waals surface area contributed by atoms with Gasteiger partial charge < -0.3 is 10.6 Å². The molecule has 0 aromatic carbocycles. The lowest BCUT2D eigenvalue weighted by atomic mass is 10.0. The van der Waals surface area contributed by atoms with Gasteiger partial charge in [0.2, 0.25) is 0 Å². The molecule has 18 heavy (non-hydrogen) atoms. The summed E-state index contributed by atoms with van der Waals surface area (Å²) in [6.45, 7) is 8.86. The van der Waals surface area contributed by atoms with Gasteiger partial charge in [-0.15, -0.1) is 0 Å². The minimum absolute atomic E-state index is 0.459. The summed E-state index contributed by atoms with van der Waals surface area (Å²) in [4.78, 5) is 8.71. The number of anilines is 2. The summed E-state index contributed by atoms with van der Waals surface area (Å²) < 4.78 is 0. The van der Waals surface area contributed by atoms with Crippen LogP contribution in [0.15, 0.2) is 6.33 Å². The molecule has 102 valence electrons. The smallest absolute Gasteiger partial charge is 0.134 e. The first-order chi connectivity index (χ1) is 8.63. The van der Waals surface area contributed by atoms with Crippen LogP contribution in [0.4, 0.5) is 11.6 Å². The number of hydrogen-bond donors (Lipinski definition) is 2. The molecule has 1 atom stereocenters. The van der Waals surface area contributed by atoms with E-state index >= 15 is 0 Å². The van der Waals surface area contributed by atoms with Gasteiger partial charge in [0, 0.05) is 18.7 Å². The zero-order valence-corrected chi connectivity index (χ0v) is 12.2. The highest BCUT2D eigenvalue weighted by molar-refractivity contribution is 5.57. The van der Waals surface area contributed by atoms with Crippen molar-refractivity contribution in [2.45, 2.75) is 53.0 Å². The Morgan fingerprint density at radius 3 is 2.33 bits per heavy atom. The lowest BCUT2D eigenvalue weighted by Crippen LogP contribution is -2.26. The Kier molecular flexibility index (Phi) is 5.89. The van der Waals surface area contributed by atoms with Crippen molar-refractivity contribution in [3.8, 4) is 0 Å². The third-order valence-electron chi connectivity index (χ3n) is 3.25. The molecule has 4 heteroatoms. The standard InChI is InChI=1S/C14H26N4/c1-6-8-11-13(15-5)16-9-17-14(11)18-12(7-2)10(3)4/h9-10,12H,6-8H2,1-5H3,(H2,15,16,17,18). The number of rotatable bonds is 7. The van der Waals surface area contributed by atoms with Gasteiger partial charge >= 0.3 is 0 Å². The normalized spacial score (nSPS) is 12.6. The first kappa shape index (κ1) is 14.7. The van der Waals surface area contributed by atoms with Gasteiger partial charge in [-0.25, -0.2) is 9.97 Å². The number of aromatic nitrogens is 2. The van der Waals surface area contributed by atoms with Crippen molar-refractivity contribution in [3.05, 3.63) is 11.9 Å². The summed E-state index contributed by atoms with van der Waals surface area (Å²) in [7, 11) is 1.91. The Morgan fingerprint density at radius 1 is 1.17 bits per heavy atom. The average Bonchev–Trinajstić information content (AvgIpc) is 2.37. The average molecular weight is 250 g/mol. The van der Waals surface area contributed by atoms with Crippen LogP contribution in [0.3, 0.4) is 0 Å². The Bertz CT molecular complexity index is 363. The predicted molar refractivity (Wildman–Crippen MR) is 78.1 cm³/mol. The molecule has 0 amide bonds. The maximum absolute atomic E-state index is 4.41. The Morgan fingerprint density at radius 2 is 1.83 bits per heavy atom. The molecule has 1 unspecified atom stereocenters. The van der Waals surface area contributed by atoms with Crippen LogP contribution in [0.25, 0.3) is 0 Å². The quantitative estimate of drug-likeness (QED) is 0.779. The Hall–Kier alpha value is -1.32. The van der Waals surface area contributed by atoms with Crippen molar-refractivity contribution >= 4 is 11.6 Å². The second-order valence-corrected chi connectivity index (χ2v) is 4.95. The molecule has 0 aliphatic rings. The SMILES string of the molecule is CCCc1c(NC)ncnc1NC(CC)C(C)C. The zero-order chi connectivity index (χ0) is 13.5. The largest absolute Gasteiger partial charge is 0.373 e. The van der Waals surface area contributed by atoms with Crippen LogP contribution in [0, 0.1) is 5.92 Å². The second-order valence-electron chi connectivity index (χ2n) is 4.95. The lowest BCUT2D eigenvalue weighted by Gasteiger charge is -2.23. The first-order valence-corrected chi connectivity index (χ1v) is 6.92. The maximum atomic E-state index is 4.41. The molecule has 1 heterocycles. The lowest BCUT2D eigenvalue weighted by molar-refractivity contribution is 0.509. The third kappa shape index (κ3) is 3.59. The van der Waals surface area contributed by atoms with Crippen molar-refractivity contribution in [2.75, 3.05) is 17.7 Å². The van der Waals surface area contributed by atoms with Crippen molar-refractivity contribution in [1.82, 2.24) is 9.97 Å². The highest BCUT2D eigenvalue weighted by Gasteiger charge is 2.15. The highest BCUT2D eigenvalue weighted by Crippen LogP contribution is 2.23. The third-order valence-corrected chi connectivity index (χ3v) is 3.25. The van der Waals surface area contributed by atoms with E-state index in [9.17, 15) is 0 Å². The second kappa shape index (κ2) is 7.19. The van der Waals surface area contributed by atoms with Crippen LogP contribution in [-0.2, 0) is 6.42 Å². The molecule has 0 fully saturated rings. The highest BCUT2D eigenvalue weighted by atomic mass is 15.1. The molecule has 0 aliphatic heterocycles. The molecule has 0 spiro atoms. The van der Waals surface area contributed by atoms with E-state index < -0.39 is 0 Å². The van der Waals surface area contributed by atoms with Gasteiger partial charge in [0.1, 0.15) is 18.0 Å². The molecule has 2 N–H and O–H groups in total. The fourth-order valence-electron chi connectivity index (χ4n) is 2.15. The Balaban J connectivity index is 2.99. The summed E-state index contributed by atoms with van der Waals surface area (Å²) in [6.07, 6.45) is 4.81. The molecule has 1 aromatic rings. The van der Waals surface area contributed by atoms with Gasteiger partial charge in [-0.2, -0.15) is 0 Å². The van der Waals surface area contributed by atoms with E-state index in [1.165, 1.54) is 5.56 Å². The number of hydrogen-bond acceptors (Lipinski definition) is 4. The monoisotopic (exact) mass is 250 g/mol. The van der Waals surface area contributed by atoms with Crippen LogP contribution >= 0.6 is 0 Å². The minimum Gasteiger partial charge on any atom is -0.373 e. The van der Waals surface area contributed by atoms with Crippen LogP contribution in [-0.4, -0.2) is 23.1 Å². The van der Waals surface area contributed by atoms with Gasteiger partial charge in [-0.1, -0.05) is 34.1 Å². The minimum atomic E-state index is 0.459. The predicted octanol–water partition coefficient (Wildman–Crippen LogP) is 3.32. The summed E-state index contributed by atoms with van der Waals surface area (Å²) in [5.74, 6) is 2.52. The number of nitrogens with zero attached hydrogens (tertiary/aromatic N) is 2. The fourth-order valence-corrected chi connectivity index (χ4v) is 2.15. The van der Waals surface area contributed by atoms with Crippen LogP contribution in [0.2, 0.25) is 0 Å². The summed E-state index contributed by atoms with van der Waals surface area (Å²) >= 11 is 0. The van der Waals surface area contributed by atoms with E-state index in [2.05, 4.69) is 48.3 Å². The summed E-state index contributed by atoms with van der Waals surface area (Å²) in [5.41, 5.74) is 1.20. The van der Waals surface area contributed by atoms with Crippen molar-refractivity contribution in [1.29, 1.82) is 0 Å². The van der Waals surface area contributed by atoms with E-state index in [0.717, 1.165) is 30.9 Å². The van der Waals surface area contributed by atoms with Gasteiger partial charge in [-0.3, -0.25) is 0 Å². The Labute approximate surface area is 111 Å². The molecule has 1 rings (SSSR count). The molecule has 0 aliphatic carbocycles. The summed E-state index contributed by atoms with van der Waals surface area (Å²) in [5, 5.41) is 6.72. The molecular weight excluding hydrogens is 224 g/mol. The molecule has 0 saturated carbocycles. The van der Waals surface area contributed by atoms with Gasteiger partial charge in [0.15, 0.2) is 0 Å². The van der Waals surface area contributed by atoms with Gasteiger partial charge in [-0.05, 0) is 18.8 Å². The van der Waals surface area contributed by atoms with Crippen molar-refractivity contribution < 1.29 is 0 Å². The first-order valence-electron chi connectivity index (χ1n) is 6.92. The van der Waals surface area contributed by atoms with Gasteiger partial charge in [0.25, 0.3) is 0 Å². The maximum Gasteiger partial charge on any atom is 0.134 e. The fraction of sp³-hybridized carbons (Fsp3) is 0.714. The molecule has 0 saturated heterocycles. The topological polar surface area (TPSA) is 49.8 Å². The van der Waals surface area contributed by atoms with E-state index in [1.807, 2.05) is 7.05 Å². The van der Waals surface area contributed by atoms with E-state index in [4.69, 9.17) is 0 Å². The zero-order valence-electron chi connectivity index (χ0n) is 12.2. The van der Waals surface area contributed by atoms with E-state index in [-0.39, 0.29) is 0 Å². The van der Waals surface area contributed by atoms with Crippen LogP contribution < -0.4 is 10.6 Å². The molecule has 1 aromatic heterocycles. The van der Waals surface area contributed by atoms with Crippen molar-refractivity contribution in [2.24, 2.45) is 5.92 Å². The summed E-state index contributed by atoms with van der Waals surface area (Å²) in [6, 6.07) is 0.459. The van der Waals surface area contributed by atoms with Gasteiger partial charge in [0.05, 0.1) is 0 Å². The van der Waals surface area contributed by atoms with E-state index in [1.54, 1.807) is 6.33 Å². The van der Waals surface area contributed by atoms with E-state index in [0.29, 0.717) is 12.0 Å². The number of nitrogens with one attached hydrogen (secondary N) is 2. The molecule has 0 bridgehead atoms. The van der Waals surface area contributed by atoms with Crippen LogP contribution in [0.5, 0.6) is 0 Å². The van der Waals surface area contributed by atoms with Crippen molar-refractivity contribution in [3.63, 3.8) is 0 Å². The molecule has 4 nitrogen and oxygen atoms in total.